The van der Waals surface area contributed by atoms with Crippen molar-refractivity contribution in [3.05, 3.63) is 29.4 Å². The van der Waals surface area contributed by atoms with Crippen molar-refractivity contribution in [2.24, 2.45) is 0 Å². The van der Waals surface area contributed by atoms with Crippen LogP contribution in [0.4, 0.5) is 15.2 Å². The zero-order chi connectivity index (χ0) is 18.7. The first-order valence-electron chi connectivity index (χ1n) is 7.61. The van der Waals surface area contributed by atoms with E-state index in [1.807, 2.05) is 0 Å². The average Bonchev–Trinajstić information content (AvgIpc) is 3.17. The van der Waals surface area contributed by atoms with E-state index < -0.39 is 5.82 Å². The minimum Gasteiger partial charge on any atom is -0.326 e. The van der Waals surface area contributed by atoms with Gasteiger partial charge in [-0.2, -0.15) is 0 Å². The molecule has 0 unspecified atom stereocenters. The van der Waals surface area contributed by atoms with Crippen molar-refractivity contribution in [2.45, 2.75) is 6.92 Å². The Labute approximate surface area is 157 Å². The number of hydrogen-bond donors (Lipinski definition) is 2. The Kier molecular flexibility index (Phi) is 5.52. The third kappa shape index (κ3) is 4.38. The molecule has 1 aliphatic rings. The highest BCUT2D eigenvalue weighted by molar-refractivity contribution is 8.00. The zero-order valence-corrected chi connectivity index (χ0v) is 15.4. The number of nitrogens with zero attached hydrogens (tertiary/aromatic N) is 2. The van der Waals surface area contributed by atoms with E-state index in [1.165, 1.54) is 47.1 Å². The van der Waals surface area contributed by atoms with Gasteiger partial charge in [-0.3, -0.25) is 14.4 Å². The summed E-state index contributed by atoms with van der Waals surface area (Å²) in [6, 6.07) is 4.31. The molecule has 0 radical (unpaired) electrons. The lowest BCUT2D eigenvalue weighted by Gasteiger charge is -2.13. The normalized spacial score (nSPS) is 13.8. The highest BCUT2D eigenvalue weighted by atomic mass is 32.2. The molecular formula is C16H15FN4O3S2. The summed E-state index contributed by atoms with van der Waals surface area (Å²) < 4.78 is 14.3. The van der Waals surface area contributed by atoms with Gasteiger partial charge in [0, 0.05) is 23.6 Å². The molecule has 3 amide bonds. The molecule has 2 N–H and O–H groups in total. The second-order valence-corrected chi connectivity index (χ2v) is 7.34. The molecule has 2 heterocycles. The number of halogens is 1. The van der Waals surface area contributed by atoms with Crippen LogP contribution in [0.5, 0.6) is 0 Å². The lowest BCUT2D eigenvalue weighted by atomic mass is 10.1. The van der Waals surface area contributed by atoms with E-state index in [1.54, 1.807) is 11.4 Å². The van der Waals surface area contributed by atoms with E-state index in [0.29, 0.717) is 28.1 Å². The van der Waals surface area contributed by atoms with Crippen LogP contribution < -0.4 is 10.6 Å². The third-order valence-corrected chi connectivity index (χ3v) is 5.18. The Balaban J connectivity index is 1.66. The molecule has 2 aromatic rings. The molecule has 1 aliphatic heterocycles. The summed E-state index contributed by atoms with van der Waals surface area (Å²) in [6.07, 6.45) is 0. The van der Waals surface area contributed by atoms with E-state index in [4.69, 9.17) is 0 Å². The highest BCUT2D eigenvalue weighted by Crippen LogP contribution is 2.28. The summed E-state index contributed by atoms with van der Waals surface area (Å²) in [5.74, 6) is -0.330. The number of aromatic nitrogens is 1. The standard InChI is InChI=1S/C16H15FN4O3S2/c1-9(22)18-10-2-3-11(12(17)4-10)13-6-26-16(19-13)20-14(23)5-21-8-25-7-15(21)24/h2-4,6H,5,7-8H2,1H3,(H,18,22)(H,19,20,23). The molecule has 1 saturated heterocycles. The van der Waals surface area contributed by atoms with Gasteiger partial charge in [0.25, 0.3) is 0 Å². The molecule has 0 bridgehead atoms. The number of amides is 3. The average molecular weight is 394 g/mol. The fraction of sp³-hybridized carbons (Fsp3) is 0.250. The second-order valence-electron chi connectivity index (χ2n) is 5.53. The first-order chi connectivity index (χ1) is 12.4. The molecule has 7 nitrogen and oxygen atoms in total. The molecule has 0 saturated carbocycles. The van der Waals surface area contributed by atoms with Crippen molar-refractivity contribution in [3.8, 4) is 11.3 Å². The molecule has 26 heavy (non-hydrogen) atoms. The van der Waals surface area contributed by atoms with Gasteiger partial charge < -0.3 is 15.5 Å². The molecule has 0 atom stereocenters. The molecule has 136 valence electrons. The van der Waals surface area contributed by atoms with Crippen molar-refractivity contribution in [3.63, 3.8) is 0 Å². The van der Waals surface area contributed by atoms with Crippen LogP contribution in [0.1, 0.15) is 6.92 Å². The van der Waals surface area contributed by atoms with Gasteiger partial charge in [-0.25, -0.2) is 9.37 Å². The van der Waals surface area contributed by atoms with E-state index in [2.05, 4.69) is 15.6 Å². The summed E-state index contributed by atoms with van der Waals surface area (Å²) in [7, 11) is 0. The van der Waals surface area contributed by atoms with Crippen molar-refractivity contribution in [1.82, 2.24) is 9.88 Å². The van der Waals surface area contributed by atoms with Gasteiger partial charge in [-0.15, -0.1) is 23.1 Å². The Bertz CT molecular complexity index is 871. The van der Waals surface area contributed by atoms with Crippen LogP contribution in [-0.4, -0.2) is 45.8 Å². The third-order valence-electron chi connectivity index (χ3n) is 3.48. The zero-order valence-electron chi connectivity index (χ0n) is 13.7. The number of rotatable bonds is 5. The predicted molar refractivity (Wildman–Crippen MR) is 99.5 cm³/mol. The number of thioether (sulfide) groups is 1. The van der Waals surface area contributed by atoms with Crippen LogP contribution in [-0.2, 0) is 14.4 Å². The maximum Gasteiger partial charge on any atom is 0.245 e. The van der Waals surface area contributed by atoms with Crippen molar-refractivity contribution >= 4 is 51.6 Å². The fourth-order valence-electron chi connectivity index (χ4n) is 2.33. The number of anilines is 2. The molecule has 1 aromatic heterocycles. The molecule has 3 rings (SSSR count). The van der Waals surface area contributed by atoms with Gasteiger partial charge in [0.15, 0.2) is 5.13 Å². The van der Waals surface area contributed by atoms with Gasteiger partial charge in [-0.1, -0.05) is 0 Å². The first-order valence-corrected chi connectivity index (χ1v) is 9.64. The maximum atomic E-state index is 14.3. The summed E-state index contributed by atoms with van der Waals surface area (Å²) in [6.45, 7) is 1.32. The number of benzene rings is 1. The molecule has 0 spiro atoms. The lowest BCUT2D eigenvalue weighted by molar-refractivity contribution is -0.130. The molecule has 10 heteroatoms. The van der Waals surface area contributed by atoms with Crippen LogP contribution in [0, 0.1) is 5.82 Å². The molecule has 1 fully saturated rings. The fourth-order valence-corrected chi connectivity index (χ4v) is 3.96. The Morgan fingerprint density at radius 1 is 1.35 bits per heavy atom. The van der Waals surface area contributed by atoms with Gasteiger partial charge in [0.1, 0.15) is 12.4 Å². The van der Waals surface area contributed by atoms with Gasteiger partial charge >= 0.3 is 0 Å². The maximum absolute atomic E-state index is 14.3. The van der Waals surface area contributed by atoms with Crippen molar-refractivity contribution in [2.75, 3.05) is 28.8 Å². The van der Waals surface area contributed by atoms with Crippen molar-refractivity contribution < 1.29 is 18.8 Å². The lowest BCUT2D eigenvalue weighted by Crippen LogP contribution is -2.34. The summed E-state index contributed by atoms with van der Waals surface area (Å²) >= 11 is 2.63. The SMILES string of the molecule is CC(=O)Nc1ccc(-c2csc(NC(=O)CN3CSCC3=O)n2)c(F)c1. The predicted octanol–water partition coefficient (Wildman–Crippen LogP) is 2.38. The number of hydrogen-bond acceptors (Lipinski definition) is 6. The second kappa shape index (κ2) is 7.83. The van der Waals surface area contributed by atoms with Gasteiger partial charge in [0.05, 0.1) is 17.3 Å². The Morgan fingerprint density at radius 2 is 2.15 bits per heavy atom. The Hall–Kier alpha value is -2.46. The van der Waals surface area contributed by atoms with Crippen LogP contribution in [0.3, 0.4) is 0 Å². The monoisotopic (exact) mass is 394 g/mol. The van der Waals surface area contributed by atoms with Crippen LogP contribution >= 0.6 is 23.1 Å². The molecule has 1 aromatic carbocycles. The number of carbonyl (C=O) groups excluding carboxylic acids is 3. The number of carbonyl (C=O) groups is 3. The first kappa shape index (κ1) is 18.3. The van der Waals surface area contributed by atoms with Gasteiger partial charge in [0.2, 0.25) is 17.7 Å². The van der Waals surface area contributed by atoms with Crippen LogP contribution in [0.15, 0.2) is 23.6 Å². The van der Waals surface area contributed by atoms with Gasteiger partial charge in [-0.05, 0) is 18.2 Å². The topological polar surface area (TPSA) is 91.4 Å². The smallest absolute Gasteiger partial charge is 0.245 e. The van der Waals surface area contributed by atoms with E-state index >= 15 is 0 Å². The molecule has 0 aliphatic carbocycles. The summed E-state index contributed by atoms with van der Waals surface area (Å²) in [4.78, 5) is 40.2. The summed E-state index contributed by atoms with van der Waals surface area (Å²) in [5.41, 5.74) is 1.00. The minimum atomic E-state index is -0.529. The van der Waals surface area contributed by atoms with Crippen LogP contribution in [0.25, 0.3) is 11.3 Å². The van der Waals surface area contributed by atoms with E-state index in [9.17, 15) is 18.8 Å². The minimum absolute atomic E-state index is 0.0273. The number of thiazole rings is 1. The largest absolute Gasteiger partial charge is 0.326 e. The van der Waals surface area contributed by atoms with E-state index in [-0.39, 0.29) is 29.8 Å². The number of nitrogens with one attached hydrogen (secondary N) is 2. The summed E-state index contributed by atoms with van der Waals surface area (Å²) in [5, 5.41) is 7.08. The van der Waals surface area contributed by atoms with Crippen molar-refractivity contribution in [1.29, 1.82) is 0 Å². The Morgan fingerprint density at radius 3 is 2.81 bits per heavy atom. The molecular weight excluding hydrogens is 379 g/mol. The highest BCUT2D eigenvalue weighted by Gasteiger charge is 2.23. The quantitative estimate of drug-likeness (QED) is 0.813. The van der Waals surface area contributed by atoms with Crippen LogP contribution in [0.2, 0.25) is 0 Å². The van der Waals surface area contributed by atoms with E-state index in [0.717, 1.165) is 0 Å².